The molecule has 0 saturated carbocycles. The number of hydrogen-bond acceptors (Lipinski definition) is 0. The lowest BCUT2D eigenvalue weighted by atomic mass is 9.85. The zero-order chi connectivity index (χ0) is 33.0. The first kappa shape index (κ1) is 28.3. The molecule has 0 aliphatic heterocycles. The van der Waals surface area contributed by atoms with Gasteiger partial charge in [0.15, 0.2) is 0 Å². The quantitative estimate of drug-likeness (QED) is 0.134. The molecular weight excluding hydrogens is 601 g/mol. The van der Waals surface area contributed by atoms with Gasteiger partial charge in [-0.25, -0.2) is 0 Å². The highest BCUT2D eigenvalue weighted by Gasteiger charge is 2.17. The van der Waals surface area contributed by atoms with Crippen molar-refractivity contribution < 1.29 is 0 Å². The summed E-state index contributed by atoms with van der Waals surface area (Å²) in [5, 5.41) is 10.1. The van der Waals surface area contributed by atoms with Crippen molar-refractivity contribution in [2.75, 3.05) is 0 Å². The van der Waals surface area contributed by atoms with Gasteiger partial charge in [0.2, 0.25) is 0 Å². The molecule has 230 valence electrons. The second-order valence-corrected chi connectivity index (χ2v) is 13.1. The first-order valence-electron chi connectivity index (χ1n) is 17.2. The van der Waals surface area contributed by atoms with Crippen LogP contribution in [-0.4, -0.2) is 0 Å². The minimum Gasteiger partial charge on any atom is -0.0696 e. The standard InChI is InChI=1S/C50H30/c1-2-12-37-32-42(29-22-33(37)10-1)50-47-17-7-5-15-45(47)49(46-16-6-8-18-48(46)50)36-23-20-34(21-24-36)38-25-26-40-31-41(28-27-39(40)30-38)44-19-9-13-35-11-3-4-14-43(35)44/h3-32H. The molecule has 9 aromatic carbocycles. The second kappa shape index (κ2) is 11.5. The van der Waals surface area contributed by atoms with Crippen molar-refractivity contribution in [3.63, 3.8) is 0 Å². The smallest absolute Gasteiger partial charge is 0.00261 e. The van der Waals surface area contributed by atoms with Gasteiger partial charge in [-0.2, -0.15) is 0 Å². The molecule has 1 aliphatic rings. The minimum atomic E-state index is 1.17. The third-order valence-corrected chi connectivity index (χ3v) is 10.3. The predicted octanol–water partition coefficient (Wildman–Crippen LogP) is 13.8. The Labute approximate surface area is 291 Å². The highest BCUT2D eigenvalue weighted by atomic mass is 14.2. The molecule has 0 atom stereocenters. The van der Waals surface area contributed by atoms with Gasteiger partial charge in [-0.1, -0.05) is 163 Å². The molecule has 9 aromatic rings. The maximum atomic E-state index is 3.13. The fraction of sp³-hybridized carbons (Fsp3) is 0. The Morgan fingerprint density at radius 2 is 0.780 bits per heavy atom. The van der Waals surface area contributed by atoms with Crippen LogP contribution in [0.4, 0.5) is 0 Å². The summed E-state index contributed by atoms with van der Waals surface area (Å²) in [5.41, 5.74) is 18.5. The molecule has 0 radical (unpaired) electrons. The van der Waals surface area contributed by atoms with E-state index in [-0.39, 0.29) is 0 Å². The van der Waals surface area contributed by atoms with Crippen LogP contribution in [0.1, 0.15) is 11.1 Å². The summed E-state index contributed by atoms with van der Waals surface area (Å²) in [7, 11) is 0. The molecule has 1 aliphatic carbocycles. The molecule has 0 nitrogen and oxygen atoms in total. The maximum absolute atomic E-state index is 3.13. The van der Waals surface area contributed by atoms with E-state index in [1.165, 1.54) is 98.7 Å². The van der Waals surface area contributed by atoms with Gasteiger partial charge in [0.05, 0.1) is 0 Å². The van der Waals surface area contributed by atoms with Crippen LogP contribution in [-0.2, 0) is 0 Å². The molecule has 0 heterocycles. The molecule has 0 N–H and O–H groups in total. The molecule has 0 heteroatoms. The van der Waals surface area contributed by atoms with Crippen LogP contribution in [0.3, 0.4) is 0 Å². The summed E-state index contributed by atoms with van der Waals surface area (Å²) in [6.45, 7) is 0. The lowest BCUT2D eigenvalue weighted by Crippen LogP contribution is -1.92. The van der Waals surface area contributed by atoms with Crippen LogP contribution in [0.25, 0.3) is 99.7 Å². The lowest BCUT2D eigenvalue weighted by molar-refractivity contribution is 1.59. The van der Waals surface area contributed by atoms with Gasteiger partial charge in [-0.05, 0) is 129 Å². The summed E-state index contributed by atoms with van der Waals surface area (Å²) in [6, 6.07) is 62.4. The van der Waals surface area contributed by atoms with E-state index in [9.17, 15) is 0 Å². The second-order valence-electron chi connectivity index (χ2n) is 13.1. The van der Waals surface area contributed by atoms with Gasteiger partial charge in [0, 0.05) is 0 Å². The largest absolute Gasteiger partial charge is 0.0696 e. The van der Waals surface area contributed by atoms with Crippen molar-refractivity contribution in [1.82, 2.24) is 0 Å². The molecule has 0 unspecified atom stereocenters. The van der Waals surface area contributed by atoms with E-state index in [1.807, 2.05) is 12.2 Å². The van der Waals surface area contributed by atoms with Gasteiger partial charge < -0.3 is 0 Å². The molecule has 0 bridgehead atoms. The molecule has 50 heavy (non-hydrogen) atoms. The van der Waals surface area contributed by atoms with E-state index < -0.39 is 0 Å². The van der Waals surface area contributed by atoms with Crippen molar-refractivity contribution in [2.45, 2.75) is 0 Å². The van der Waals surface area contributed by atoms with Crippen molar-refractivity contribution in [3.05, 3.63) is 192 Å². The van der Waals surface area contributed by atoms with Crippen molar-refractivity contribution >= 4 is 55.2 Å². The Hall–Kier alpha value is -6.68. The summed E-state index contributed by atoms with van der Waals surface area (Å²) >= 11 is 0. The Morgan fingerprint density at radius 1 is 0.280 bits per heavy atom. The highest BCUT2D eigenvalue weighted by molar-refractivity contribution is 6.21. The number of rotatable bonds is 4. The number of fused-ring (bicyclic) bond motifs is 5. The predicted molar refractivity (Wildman–Crippen MR) is 214 cm³/mol. The monoisotopic (exact) mass is 630 g/mol. The van der Waals surface area contributed by atoms with Gasteiger partial charge >= 0.3 is 0 Å². The number of hydrogen-bond donors (Lipinski definition) is 0. The average molecular weight is 631 g/mol. The third kappa shape index (κ3) is 4.64. The minimum absolute atomic E-state index is 1.17. The zero-order valence-electron chi connectivity index (χ0n) is 27.3. The Morgan fingerprint density at radius 3 is 1.48 bits per heavy atom. The van der Waals surface area contributed by atoms with Crippen LogP contribution in [0.15, 0.2) is 181 Å². The number of benzene rings is 9. The van der Waals surface area contributed by atoms with Crippen LogP contribution in [0, 0.1) is 0 Å². The average Bonchev–Trinajstić information content (AvgIpc) is 3.19. The fourth-order valence-corrected chi connectivity index (χ4v) is 7.88. The molecule has 0 spiro atoms. The van der Waals surface area contributed by atoms with Gasteiger partial charge in [-0.3, -0.25) is 0 Å². The van der Waals surface area contributed by atoms with Gasteiger partial charge in [0.1, 0.15) is 0 Å². The first-order chi connectivity index (χ1) is 24.8. The molecule has 0 aromatic heterocycles. The van der Waals surface area contributed by atoms with Crippen LogP contribution < -0.4 is 0 Å². The summed E-state index contributed by atoms with van der Waals surface area (Å²) in [4.78, 5) is 0. The van der Waals surface area contributed by atoms with Crippen LogP contribution in [0.2, 0.25) is 0 Å². The SMILES string of the molecule is C1=C=Cc2cc(-c3c4ccccc4c(-c4ccc(-c5ccc6cc(-c7cccc8ccccc78)ccc6c5)cc4)c4ccccc34)ccc2C=1. The van der Waals surface area contributed by atoms with Crippen LogP contribution >= 0.6 is 0 Å². The summed E-state index contributed by atoms with van der Waals surface area (Å²) in [5.74, 6) is 0. The highest BCUT2D eigenvalue weighted by Crippen LogP contribution is 2.44. The molecular formula is C50H30. The van der Waals surface area contributed by atoms with E-state index in [1.54, 1.807) is 0 Å². The summed E-state index contributed by atoms with van der Waals surface area (Å²) in [6.07, 6.45) is 4.03. The van der Waals surface area contributed by atoms with E-state index >= 15 is 0 Å². The Balaban J connectivity index is 1.05. The normalized spacial score (nSPS) is 11.9. The van der Waals surface area contributed by atoms with E-state index in [2.05, 4.69) is 181 Å². The Kier molecular flexibility index (Phi) is 6.51. The molecule has 0 fully saturated rings. The van der Waals surface area contributed by atoms with E-state index in [4.69, 9.17) is 0 Å². The van der Waals surface area contributed by atoms with Crippen molar-refractivity contribution in [2.24, 2.45) is 0 Å². The molecule has 0 amide bonds. The Bertz CT molecular complexity index is 2860. The fourth-order valence-electron chi connectivity index (χ4n) is 7.88. The summed E-state index contributed by atoms with van der Waals surface area (Å²) < 4.78 is 0. The van der Waals surface area contributed by atoms with Gasteiger partial charge in [0.25, 0.3) is 0 Å². The molecule has 0 saturated heterocycles. The topological polar surface area (TPSA) is 0 Å². The van der Waals surface area contributed by atoms with E-state index in [0.717, 1.165) is 0 Å². The first-order valence-corrected chi connectivity index (χ1v) is 17.2. The van der Waals surface area contributed by atoms with Crippen molar-refractivity contribution in [3.8, 4) is 44.5 Å². The molecule has 10 rings (SSSR count). The third-order valence-electron chi connectivity index (χ3n) is 10.3. The lowest BCUT2D eigenvalue weighted by Gasteiger charge is -2.18. The van der Waals surface area contributed by atoms with Crippen molar-refractivity contribution in [1.29, 1.82) is 0 Å². The zero-order valence-corrected chi connectivity index (χ0v) is 27.3. The van der Waals surface area contributed by atoms with Crippen LogP contribution in [0.5, 0.6) is 0 Å². The van der Waals surface area contributed by atoms with Gasteiger partial charge in [-0.15, -0.1) is 0 Å². The maximum Gasteiger partial charge on any atom is -0.00261 e. The van der Waals surface area contributed by atoms with E-state index in [0.29, 0.717) is 0 Å².